The van der Waals surface area contributed by atoms with E-state index in [4.69, 9.17) is 5.73 Å². The van der Waals surface area contributed by atoms with E-state index < -0.39 is 0 Å². The molecule has 0 spiro atoms. The molecule has 0 atom stereocenters. The van der Waals surface area contributed by atoms with Crippen molar-refractivity contribution in [3.8, 4) is 0 Å². The van der Waals surface area contributed by atoms with Gasteiger partial charge in [0.2, 0.25) is 0 Å². The van der Waals surface area contributed by atoms with Gasteiger partial charge in [-0.15, -0.1) is 0 Å². The van der Waals surface area contributed by atoms with Crippen molar-refractivity contribution >= 4 is 0 Å². The fourth-order valence-electron chi connectivity index (χ4n) is 2.90. The smallest absolute Gasteiger partial charge is 0.0472 e. The minimum atomic E-state index is 0.716. The van der Waals surface area contributed by atoms with Gasteiger partial charge < -0.3 is 10.3 Å². The predicted molar refractivity (Wildman–Crippen MR) is 74.8 cm³/mol. The highest BCUT2D eigenvalue weighted by atomic mass is 15.0. The maximum absolute atomic E-state index is 5.64. The first kappa shape index (κ1) is 11.5. The van der Waals surface area contributed by atoms with Gasteiger partial charge in [-0.3, -0.25) is 0 Å². The second kappa shape index (κ2) is 4.99. The first-order chi connectivity index (χ1) is 8.86. The Morgan fingerprint density at radius 1 is 1.11 bits per heavy atom. The largest absolute Gasteiger partial charge is 0.347 e. The molecule has 18 heavy (non-hydrogen) atoms. The van der Waals surface area contributed by atoms with E-state index in [1.165, 1.54) is 30.5 Å². The Hall–Kier alpha value is -1.54. The number of nitrogens with two attached hydrogens (primary N) is 1. The van der Waals surface area contributed by atoms with Crippen LogP contribution in [0.15, 0.2) is 36.5 Å². The molecule has 0 fully saturated rings. The van der Waals surface area contributed by atoms with Gasteiger partial charge in [0, 0.05) is 18.4 Å². The fraction of sp³-hybridized carbons (Fsp3) is 0.375. The summed E-state index contributed by atoms with van der Waals surface area (Å²) in [6.07, 6.45) is 6.94. The molecule has 1 aromatic heterocycles. The summed E-state index contributed by atoms with van der Waals surface area (Å²) in [5, 5.41) is 0. The van der Waals surface area contributed by atoms with Gasteiger partial charge in [-0.05, 0) is 61.1 Å². The first-order valence-electron chi connectivity index (χ1n) is 6.81. The molecule has 0 amide bonds. The van der Waals surface area contributed by atoms with Crippen LogP contribution in [-0.4, -0.2) is 11.1 Å². The van der Waals surface area contributed by atoms with Crippen LogP contribution in [0.5, 0.6) is 0 Å². The third-order valence-corrected chi connectivity index (χ3v) is 3.84. The van der Waals surface area contributed by atoms with Crippen LogP contribution in [0, 0.1) is 0 Å². The molecule has 94 valence electrons. The lowest BCUT2D eigenvalue weighted by atomic mass is 10.1. The van der Waals surface area contributed by atoms with E-state index >= 15 is 0 Å². The lowest BCUT2D eigenvalue weighted by Crippen LogP contribution is -2.09. The molecule has 0 radical (unpaired) electrons. The van der Waals surface area contributed by atoms with E-state index in [2.05, 4.69) is 41.1 Å². The Balaban J connectivity index is 1.81. The molecule has 1 aliphatic rings. The number of fused-ring (bicyclic) bond motifs is 1. The summed E-state index contributed by atoms with van der Waals surface area (Å²) in [7, 11) is 0. The van der Waals surface area contributed by atoms with Crippen molar-refractivity contribution in [2.24, 2.45) is 5.73 Å². The van der Waals surface area contributed by atoms with E-state index in [1.54, 1.807) is 11.1 Å². The molecule has 0 aliphatic heterocycles. The summed E-state index contributed by atoms with van der Waals surface area (Å²) in [4.78, 5) is 0. The van der Waals surface area contributed by atoms with Gasteiger partial charge in [0.05, 0.1) is 0 Å². The van der Waals surface area contributed by atoms with Gasteiger partial charge in [-0.1, -0.05) is 18.2 Å². The van der Waals surface area contributed by atoms with E-state index in [9.17, 15) is 0 Å². The van der Waals surface area contributed by atoms with Crippen LogP contribution in [0.3, 0.4) is 0 Å². The quantitative estimate of drug-likeness (QED) is 0.874. The molecule has 3 rings (SSSR count). The number of aromatic nitrogens is 1. The molecule has 2 heteroatoms. The van der Waals surface area contributed by atoms with E-state index in [-0.39, 0.29) is 0 Å². The summed E-state index contributed by atoms with van der Waals surface area (Å²) < 4.78 is 2.31. The predicted octanol–water partition coefficient (Wildman–Crippen LogP) is 2.53. The molecular weight excluding hydrogens is 220 g/mol. The van der Waals surface area contributed by atoms with Gasteiger partial charge in [-0.2, -0.15) is 0 Å². The van der Waals surface area contributed by atoms with Gasteiger partial charge in [-0.25, -0.2) is 0 Å². The zero-order valence-corrected chi connectivity index (χ0v) is 10.7. The highest BCUT2D eigenvalue weighted by Gasteiger charge is 2.11. The Kier molecular flexibility index (Phi) is 3.20. The Morgan fingerprint density at radius 3 is 2.89 bits per heavy atom. The molecule has 0 bridgehead atoms. The number of hydrogen-bond acceptors (Lipinski definition) is 1. The molecule has 1 heterocycles. The molecule has 0 unspecified atom stereocenters. The zero-order chi connectivity index (χ0) is 12.4. The lowest BCUT2D eigenvalue weighted by Gasteiger charge is -2.10. The maximum atomic E-state index is 5.64. The second-order valence-corrected chi connectivity index (χ2v) is 5.12. The van der Waals surface area contributed by atoms with E-state index in [1.807, 2.05) is 0 Å². The normalized spacial score (nSPS) is 13.8. The summed E-state index contributed by atoms with van der Waals surface area (Å²) in [5.41, 5.74) is 11.5. The van der Waals surface area contributed by atoms with Crippen molar-refractivity contribution in [3.63, 3.8) is 0 Å². The number of nitrogens with zero attached hydrogens (tertiary/aromatic N) is 1. The van der Waals surface area contributed by atoms with Crippen LogP contribution >= 0.6 is 0 Å². The summed E-state index contributed by atoms with van der Waals surface area (Å²) in [5.74, 6) is 0. The van der Waals surface area contributed by atoms with Crippen molar-refractivity contribution < 1.29 is 0 Å². The Labute approximate surface area is 108 Å². The van der Waals surface area contributed by atoms with Crippen LogP contribution in [0.25, 0.3) is 0 Å². The maximum Gasteiger partial charge on any atom is 0.0472 e. The Bertz CT molecular complexity index is 540. The molecule has 2 aromatic rings. The third kappa shape index (κ3) is 2.21. The molecule has 1 aromatic carbocycles. The zero-order valence-electron chi connectivity index (χ0n) is 10.7. The summed E-state index contributed by atoms with van der Waals surface area (Å²) >= 11 is 0. The lowest BCUT2D eigenvalue weighted by molar-refractivity contribution is 0.735. The van der Waals surface area contributed by atoms with Gasteiger partial charge in [0.25, 0.3) is 0 Å². The monoisotopic (exact) mass is 240 g/mol. The van der Waals surface area contributed by atoms with Crippen LogP contribution in [0.2, 0.25) is 0 Å². The highest BCUT2D eigenvalue weighted by molar-refractivity contribution is 5.35. The average molecular weight is 240 g/mol. The standard InChI is InChI=1S/C16H20N2/c17-9-8-16-5-2-10-18(16)12-13-6-7-14-3-1-4-15(14)11-13/h2,5-7,10-11H,1,3-4,8-9,12,17H2. The number of aryl methyl sites for hydroxylation is 2. The molecule has 0 saturated carbocycles. The summed E-state index contributed by atoms with van der Waals surface area (Å²) in [6, 6.07) is 11.2. The SMILES string of the molecule is NCCc1cccn1Cc1ccc2c(c1)CCC2. The number of hydrogen-bond donors (Lipinski definition) is 1. The van der Waals surface area contributed by atoms with Crippen molar-refractivity contribution in [3.05, 3.63) is 58.9 Å². The number of rotatable bonds is 4. The fourth-order valence-corrected chi connectivity index (χ4v) is 2.90. The van der Waals surface area contributed by atoms with Gasteiger partial charge in [0.15, 0.2) is 0 Å². The van der Waals surface area contributed by atoms with Crippen LogP contribution in [0.4, 0.5) is 0 Å². The third-order valence-electron chi connectivity index (χ3n) is 3.84. The summed E-state index contributed by atoms with van der Waals surface area (Å²) in [6.45, 7) is 1.68. The minimum absolute atomic E-state index is 0.716. The van der Waals surface area contributed by atoms with Crippen LogP contribution in [-0.2, 0) is 25.8 Å². The molecule has 1 aliphatic carbocycles. The van der Waals surface area contributed by atoms with Crippen LogP contribution < -0.4 is 5.73 Å². The Morgan fingerprint density at radius 2 is 2.00 bits per heavy atom. The molecular formula is C16H20N2. The second-order valence-electron chi connectivity index (χ2n) is 5.12. The van der Waals surface area contributed by atoms with Crippen molar-refractivity contribution in [1.82, 2.24) is 4.57 Å². The minimum Gasteiger partial charge on any atom is -0.347 e. The van der Waals surface area contributed by atoms with Crippen molar-refractivity contribution in [2.45, 2.75) is 32.2 Å². The number of benzene rings is 1. The van der Waals surface area contributed by atoms with Gasteiger partial charge >= 0.3 is 0 Å². The van der Waals surface area contributed by atoms with E-state index in [0.29, 0.717) is 6.54 Å². The van der Waals surface area contributed by atoms with Crippen molar-refractivity contribution in [1.29, 1.82) is 0 Å². The first-order valence-corrected chi connectivity index (χ1v) is 6.81. The van der Waals surface area contributed by atoms with Crippen molar-refractivity contribution in [2.75, 3.05) is 6.54 Å². The topological polar surface area (TPSA) is 30.9 Å². The molecule has 0 saturated heterocycles. The van der Waals surface area contributed by atoms with Crippen LogP contribution in [0.1, 0.15) is 28.8 Å². The van der Waals surface area contributed by atoms with Gasteiger partial charge in [0.1, 0.15) is 0 Å². The molecule has 2 N–H and O–H groups in total. The van der Waals surface area contributed by atoms with E-state index in [0.717, 1.165) is 13.0 Å². The molecule has 2 nitrogen and oxygen atoms in total. The highest BCUT2D eigenvalue weighted by Crippen LogP contribution is 2.23. The average Bonchev–Trinajstić information content (AvgIpc) is 2.99.